The molecule has 0 unspecified atom stereocenters. The molecule has 3 aromatic rings. The zero-order chi connectivity index (χ0) is 21.5. The summed E-state index contributed by atoms with van der Waals surface area (Å²) in [5.41, 5.74) is 1.88. The minimum Gasteiger partial charge on any atom is -0.491 e. The first-order chi connectivity index (χ1) is 15.1. The monoisotopic (exact) mass is 441 g/mol. The highest BCUT2D eigenvalue weighted by molar-refractivity contribution is 6.30. The Hall–Kier alpha value is -2.87. The summed E-state index contributed by atoms with van der Waals surface area (Å²) in [7, 11) is 0. The minimum atomic E-state index is -0.758. The van der Waals surface area contributed by atoms with Gasteiger partial charge in [0.05, 0.1) is 19.5 Å². The van der Waals surface area contributed by atoms with Crippen LogP contribution in [-0.2, 0) is 27.2 Å². The molecule has 0 saturated carbocycles. The van der Waals surface area contributed by atoms with Gasteiger partial charge in [-0.25, -0.2) is 4.98 Å². The molecular formula is C23H24ClN3O4. The molecule has 1 aromatic heterocycles. The van der Waals surface area contributed by atoms with Crippen molar-refractivity contribution in [2.24, 2.45) is 0 Å². The van der Waals surface area contributed by atoms with E-state index in [1.54, 1.807) is 36.8 Å². The molecule has 4 rings (SSSR count). The van der Waals surface area contributed by atoms with Gasteiger partial charge >= 0.3 is 0 Å². The lowest BCUT2D eigenvalue weighted by Gasteiger charge is -2.28. The highest BCUT2D eigenvalue weighted by Crippen LogP contribution is 2.31. The number of aromatic nitrogens is 2. The van der Waals surface area contributed by atoms with Crippen LogP contribution in [0.15, 0.2) is 67.3 Å². The van der Waals surface area contributed by atoms with Crippen LogP contribution < -0.4 is 10.1 Å². The zero-order valence-electron chi connectivity index (χ0n) is 16.9. The number of imidazole rings is 1. The number of halogens is 1. The van der Waals surface area contributed by atoms with Gasteiger partial charge in [0, 0.05) is 29.5 Å². The van der Waals surface area contributed by atoms with E-state index >= 15 is 0 Å². The standard InChI is InChI=1S/C23H24ClN3O4/c24-19-3-1-18(2-4-19)9-10-23(15-27-12-11-25-16-27)30-14-22(31-23)13-29-21-7-5-20(6-8-21)26-17-28/h1-8,11-12,16-17,22H,9-10,13-15H2,(H,26,28)/t22-,23+/m1/s1. The number of ether oxygens (including phenoxy) is 3. The van der Waals surface area contributed by atoms with Gasteiger partial charge in [-0.15, -0.1) is 0 Å². The first-order valence-electron chi connectivity index (χ1n) is 10.1. The van der Waals surface area contributed by atoms with Crippen molar-refractivity contribution in [1.82, 2.24) is 9.55 Å². The highest BCUT2D eigenvalue weighted by atomic mass is 35.5. The lowest BCUT2D eigenvalue weighted by atomic mass is 10.0. The van der Waals surface area contributed by atoms with Crippen molar-refractivity contribution in [2.75, 3.05) is 18.5 Å². The molecule has 1 aliphatic heterocycles. The van der Waals surface area contributed by atoms with Crippen molar-refractivity contribution in [3.63, 3.8) is 0 Å². The Kier molecular flexibility index (Phi) is 6.86. The number of carbonyl (C=O) groups excluding carboxylic acids is 1. The number of anilines is 1. The number of benzene rings is 2. The highest BCUT2D eigenvalue weighted by Gasteiger charge is 2.42. The number of amides is 1. The third-order valence-electron chi connectivity index (χ3n) is 5.12. The number of rotatable bonds is 10. The fraction of sp³-hybridized carbons (Fsp3) is 0.304. The second-order valence-corrected chi connectivity index (χ2v) is 7.86. The largest absolute Gasteiger partial charge is 0.491 e. The first-order valence-corrected chi connectivity index (χ1v) is 10.5. The van der Waals surface area contributed by atoms with E-state index in [2.05, 4.69) is 10.3 Å². The van der Waals surface area contributed by atoms with Crippen LogP contribution in [0.3, 0.4) is 0 Å². The van der Waals surface area contributed by atoms with Gasteiger partial charge in [-0.3, -0.25) is 4.79 Å². The van der Waals surface area contributed by atoms with Crippen LogP contribution in [0.2, 0.25) is 5.02 Å². The zero-order valence-corrected chi connectivity index (χ0v) is 17.7. The Morgan fingerprint density at radius 1 is 1.23 bits per heavy atom. The number of hydrogen-bond donors (Lipinski definition) is 1. The summed E-state index contributed by atoms with van der Waals surface area (Å²) in [5.74, 6) is -0.0557. The second-order valence-electron chi connectivity index (χ2n) is 7.42. The molecule has 1 fully saturated rings. The SMILES string of the molecule is O=CNc1ccc(OC[C@@H]2CO[C@](CCc3ccc(Cl)cc3)(Cn3ccnc3)O2)cc1. The average molecular weight is 442 g/mol. The van der Waals surface area contributed by atoms with E-state index in [1.165, 1.54) is 5.56 Å². The number of nitrogens with zero attached hydrogens (tertiary/aromatic N) is 2. The van der Waals surface area contributed by atoms with Crippen LogP contribution in [0.4, 0.5) is 5.69 Å². The smallest absolute Gasteiger partial charge is 0.211 e. The van der Waals surface area contributed by atoms with E-state index in [9.17, 15) is 4.79 Å². The van der Waals surface area contributed by atoms with Crippen molar-refractivity contribution in [2.45, 2.75) is 31.3 Å². The number of aryl methyl sites for hydroxylation is 1. The fourth-order valence-corrected chi connectivity index (χ4v) is 3.67. The van der Waals surface area contributed by atoms with Gasteiger partial charge in [0.2, 0.25) is 6.41 Å². The number of hydrogen-bond acceptors (Lipinski definition) is 5. The summed E-state index contributed by atoms with van der Waals surface area (Å²) in [5, 5.41) is 3.32. The Bertz CT molecular complexity index is 964. The van der Waals surface area contributed by atoms with E-state index < -0.39 is 5.79 Å². The van der Waals surface area contributed by atoms with Gasteiger partial charge in [0.15, 0.2) is 5.79 Å². The molecule has 0 aliphatic carbocycles. The van der Waals surface area contributed by atoms with Gasteiger partial charge in [-0.1, -0.05) is 23.7 Å². The van der Waals surface area contributed by atoms with Crippen LogP contribution in [0, 0.1) is 0 Å². The van der Waals surface area contributed by atoms with Gasteiger partial charge in [-0.05, 0) is 48.4 Å². The predicted molar refractivity (Wildman–Crippen MR) is 117 cm³/mol. The quantitative estimate of drug-likeness (QED) is 0.482. The Labute approximate surface area is 185 Å². The summed E-state index contributed by atoms with van der Waals surface area (Å²) >= 11 is 6.00. The van der Waals surface area contributed by atoms with Crippen LogP contribution in [0.25, 0.3) is 0 Å². The Morgan fingerprint density at radius 2 is 2.03 bits per heavy atom. The van der Waals surface area contributed by atoms with E-state index in [0.717, 1.165) is 11.4 Å². The molecule has 7 nitrogen and oxygen atoms in total. The van der Waals surface area contributed by atoms with Crippen molar-refractivity contribution in [1.29, 1.82) is 0 Å². The maximum absolute atomic E-state index is 10.5. The summed E-state index contributed by atoms with van der Waals surface area (Å²) in [6, 6.07) is 15.0. The lowest BCUT2D eigenvalue weighted by molar-refractivity contribution is -0.184. The minimum absolute atomic E-state index is 0.193. The van der Waals surface area contributed by atoms with Gasteiger partial charge in [0.1, 0.15) is 18.5 Å². The molecule has 2 atom stereocenters. The maximum atomic E-state index is 10.5. The van der Waals surface area contributed by atoms with E-state index in [4.69, 9.17) is 25.8 Å². The summed E-state index contributed by atoms with van der Waals surface area (Å²) in [6.45, 7) is 1.36. The van der Waals surface area contributed by atoms with Gasteiger partial charge in [0.25, 0.3) is 0 Å². The van der Waals surface area contributed by atoms with Crippen LogP contribution in [0.1, 0.15) is 12.0 Å². The van der Waals surface area contributed by atoms with E-state index in [-0.39, 0.29) is 6.10 Å². The van der Waals surface area contributed by atoms with Gasteiger partial charge in [-0.2, -0.15) is 0 Å². The Morgan fingerprint density at radius 3 is 2.74 bits per heavy atom. The van der Waals surface area contributed by atoms with E-state index in [1.807, 2.05) is 35.0 Å². The molecule has 1 N–H and O–H groups in total. The van der Waals surface area contributed by atoms with Crippen LogP contribution in [0.5, 0.6) is 5.75 Å². The summed E-state index contributed by atoms with van der Waals surface area (Å²) in [6.07, 6.45) is 7.33. The number of nitrogens with one attached hydrogen (secondary N) is 1. The van der Waals surface area contributed by atoms with Crippen LogP contribution in [-0.4, -0.2) is 41.1 Å². The van der Waals surface area contributed by atoms with Crippen molar-refractivity contribution in [3.8, 4) is 5.75 Å². The molecule has 0 spiro atoms. The van der Waals surface area contributed by atoms with Crippen molar-refractivity contribution in [3.05, 3.63) is 77.8 Å². The molecule has 1 saturated heterocycles. The third-order valence-corrected chi connectivity index (χ3v) is 5.37. The molecule has 162 valence electrons. The molecule has 2 aromatic carbocycles. The number of carbonyl (C=O) groups is 1. The van der Waals surface area contributed by atoms with Crippen molar-refractivity contribution < 1.29 is 19.0 Å². The molecule has 2 heterocycles. The lowest BCUT2D eigenvalue weighted by Crippen LogP contribution is -2.37. The summed E-state index contributed by atoms with van der Waals surface area (Å²) < 4.78 is 20.4. The molecule has 31 heavy (non-hydrogen) atoms. The molecule has 1 amide bonds. The van der Waals surface area contributed by atoms with Crippen LogP contribution >= 0.6 is 11.6 Å². The second kappa shape index (κ2) is 9.96. The van der Waals surface area contributed by atoms with E-state index in [0.29, 0.717) is 44.0 Å². The maximum Gasteiger partial charge on any atom is 0.211 e. The molecule has 0 bridgehead atoms. The van der Waals surface area contributed by atoms with Crippen molar-refractivity contribution >= 4 is 23.7 Å². The summed E-state index contributed by atoms with van der Waals surface area (Å²) in [4.78, 5) is 14.6. The average Bonchev–Trinajstić information content (AvgIpc) is 3.44. The molecule has 0 radical (unpaired) electrons. The molecule has 1 aliphatic rings. The first kappa shape index (κ1) is 21.4. The topological polar surface area (TPSA) is 74.6 Å². The Balaban J connectivity index is 1.37. The molecular weight excluding hydrogens is 418 g/mol. The fourth-order valence-electron chi connectivity index (χ4n) is 3.54. The predicted octanol–water partition coefficient (Wildman–Crippen LogP) is 3.93. The normalized spacial score (nSPS) is 20.5. The van der Waals surface area contributed by atoms with Gasteiger partial charge < -0.3 is 24.1 Å². The molecule has 8 heteroatoms. The third kappa shape index (κ3) is 5.85.